The summed E-state index contributed by atoms with van der Waals surface area (Å²) in [4.78, 5) is 4.38. The van der Waals surface area contributed by atoms with E-state index in [4.69, 9.17) is 16.1 Å². The van der Waals surface area contributed by atoms with Gasteiger partial charge in [0.2, 0.25) is 5.89 Å². The summed E-state index contributed by atoms with van der Waals surface area (Å²) in [5.74, 6) is 1.39. The highest BCUT2D eigenvalue weighted by molar-refractivity contribution is 6.31. The molecule has 0 unspecified atom stereocenters. The zero-order valence-electron chi connectivity index (χ0n) is 11.7. The predicted molar refractivity (Wildman–Crippen MR) is 77.6 cm³/mol. The molecule has 1 aliphatic carbocycles. The zero-order chi connectivity index (χ0) is 14.2. The van der Waals surface area contributed by atoms with Gasteiger partial charge in [0.25, 0.3) is 0 Å². The number of aromatic nitrogens is 2. The number of halogens is 1. The maximum absolute atomic E-state index is 6.16. The number of nitrogens with zero attached hydrogens (tertiary/aromatic N) is 2. The van der Waals surface area contributed by atoms with Crippen LogP contribution in [0.15, 0.2) is 22.7 Å². The normalized spacial score (nSPS) is 16.9. The molecule has 0 bridgehead atoms. The first-order valence-corrected chi connectivity index (χ1v) is 7.28. The quantitative estimate of drug-likeness (QED) is 0.936. The molecule has 1 aromatic carbocycles. The second kappa shape index (κ2) is 5.19. The van der Waals surface area contributed by atoms with Crippen LogP contribution in [0.2, 0.25) is 5.02 Å². The molecule has 1 saturated carbocycles. The smallest absolute Gasteiger partial charge is 0.223 e. The van der Waals surface area contributed by atoms with Crippen LogP contribution in [0.4, 0.5) is 0 Å². The molecule has 0 atom stereocenters. The largest absolute Gasteiger partial charge is 0.340 e. The molecule has 4 nitrogen and oxygen atoms in total. The Labute approximate surface area is 123 Å². The van der Waals surface area contributed by atoms with Crippen LogP contribution >= 0.6 is 11.6 Å². The van der Waals surface area contributed by atoms with Crippen molar-refractivity contribution >= 4 is 11.6 Å². The van der Waals surface area contributed by atoms with Crippen molar-refractivity contribution in [3.8, 4) is 0 Å². The summed E-state index contributed by atoms with van der Waals surface area (Å²) in [6.07, 6.45) is 3.28. The lowest BCUT2D eigenvalue weighted by Crippen LogP contribution is -2.48. The van der Waals surface area contributed by atoms with E-state index < -0.39 is 0 Å². The number of aryl methyl sites for hydroxylation is 2. The fourth-order valence-electron chi connectivity index (χ4n) is 2.52. The van der Waals surface area contributed by atoms with E-state index in [1.807, 2.05) is 26.0 Å². The first-order chi connectivity index (χ1) is 9.59. The van der Waals surface area contributed by atoms with Gasteiger partial charge in [0.15, 0.2) is 5.82 Å². The molecule has 0 amide bonds. The molecule has 5 heteroatoms. The van der Waals surface area contributed by atoms with Gasteiger partial charge in [-0.05, 0) is 43.4 Å². The van der Waals surface area contributed by atoms with Crippen molar-refractivity contribution in [3.05, 3.63) is 46.1 Å². The summed E-state index contributed by atoms with van der Waals surface area (Å²) in [6, 6.07) is 6.16. The van der Waals surface area contributed by atoms with Crippen molar-refractivity contribution in [3.63, 3.8) is 0 Å². The topological polar surface area (TPSA) is 51.0 Å². The standard InChI is InChI=1S/C15H18ClN3O/c1-10-4-5-12(8-13(10)16)9-17-15(6-3-7-15)14-18-11(2)20-19-14/h4-5,8,17H,3,6-7,9H2,1-2H3. The lowest BCUT2D eigenvalue weighted by atomic mass is 9.76. The molecule has 1 aliphatic rings. The van der Waals surface area contributed by atoms with Crippen LogP contribution in [0.25, 0.3) is 0 Å². The summed E-state index contributed by atoms with van der Waals surface area (Å²) in [6.45, 7) is 4.59. The molecule has 1 fully saturated rings. The van der Waals surface area contributed by atoms with E-state index in [0.717, 1.165) is 35.8 Å². The van der Waals surface area contributed by atoms with Gasteiger partial charge in [0, 0.05) is 18.5 Å². The third kappa shape index (κ3) is 2.45. The summed E-state index contributed by atoms with van der Waals surface area (Å²) in [7, 11) is 0. The third-order valence-electron chi connectivity index (χ3n) is 4.03. The van der Waals surface area contributed by atoms with Gasteiger partial charge < -0.3 is 9.84 Å². The minimum absolute atomic E-state index is 0.130. The number of rotatable bonds is 4. The van der Waals surface area contributed by atoms with E-state index >= 15 is 0 Å². The van der Waals surface area contributed by atoms with E-state index in [2.05, 4.69) is 21.5 Å². The summed E-state index contributed by atoms with van der Waals surface area (Å²) in [5, 5.41) is 8.47. The summed E-state index contributed by atoms with van der Waals surface area (Å²) >= 11 is 6.16. The van der Waals surface area contributed by atoms with Crippen LogP contribution in [0.5, 0.6) is 0 Å². The van der Waals surface area contributed by atoms with Gasteiger partial charge in [-0.25, -0.2) is 0 Å². The van der Waals surface area contributed by atoms with Crippen molar-refractivity contribution in [1.82, 2.24) is 15.5 Å². The average molecular weight is 292 g/mol. The molecule has 106 valence electrons. The van der Waals surface area contributed by atoms with Crippen molar-refractivity contribution in [2.45, 2.75) is 45.2 Å². The maximum atomic E-state index is 6.16. The number of nitrogens with one attached hydrogen (secondary N) is 1. The van der Waals surface area contributed by atoms with Crippen molar-refractivity contribution < 1.29 is 4.52 Å². The zero-order valence-corrected chi connectivity index (χ0v) is 12.5. The second-order valence-corrected chi connectivity index (χ2v) is 5.92. The molecule has 3 rings (SSSR count). The maximum Gasteiger partial charge on any atom is 0.223 e. The Morgan fingerprint density at radius 1 is 1.35 bits per heavy atom. The Balaban J connectivity index is 1.74. The van der Waals surface area contributed by atoms with Gasteiger partial charge in [-0.15, -0.1) is 0 Å². The molecule has 2 aromatic rings. The van der Waals surface area contributed by atoms with E-state index in [0.29, 0.717) is 5.89 Å². The van der Waals surface area contributed by atoms with Crippen LogP contribution in [-0.4, -0.2) is 10.1 Å². The minimum atomic E-state index is -0.130. The number of hydrogen-bond acceptors (Lipinski definition) is 4. The molecule has 1 N–H and O–H groups in total. The van der Waals surface area contributed by atoms with Crippen LogP contribution in [0.3, 0.4) is 0 Å². The Kier molecular flexibility index (Phi) is 3.52. The Morgan fingerprint density at radius 2 is 2.15 bits per heavy atom. The molecule has 0 radical (unpaired) electrons. The van der Waals surface area contributed by atoms with Gasteiger partial charge in [-0.3, -0.25) is 0 Å². The van der Waals surface area contributed by atoms with Gasteiger partial charge in [0.05, 0.1) is 5.54 Å². The van der Waals surface area contributed by atoms with E-state index in [1.54, 1.807) is 0 Å². The van der Waals surface area contributed by atoms with Crippen LogP contribution < -0.4 is 5.32 Å². The van der Waals surface area contributed by atoms with Crippen molar-refractivity contribution in [2.75, 3.05) is 0 Å². The number of benzene rings is 1. The molecule has 1 aromatic heterocycles. The van der Waals surface area contributed by atoms with Gasteiger partial charge in [0.1, 0.15) is 0 Å². The van der Waals surface area contributed by atoms with Crippen molar-refractivity contribution in [2.24, 2.45) is 0 Å². The van der Waals surface area contributed by atoms with E-state index in [9.17, 15) is 0 Å². The highest BCUT2D eigenvalue weighted by Crippen LogP contribution is 2.40. The van der Waals surface area contributed by atoms with E-state index in [1.165, 1.54) is 12.0 Å². The van der Waals surface area contributed by atoms with Crippen LogP contribution in [0.1, 0.15) is 42.1 Å². The third-order valence-corrected chi connectivity index (χ3v) is 4.44. The molecule has 0 saturated heterocycles. The fraction of sp³-hybridized carbons (Fsp3) is 0.467. The fourth-order valence-corrected chi connectivity index (χ4v) is 2.72. The molecule has 0 spiro atoms. The Morgan fingerprint density at radius 3 is 2.70 bits per heavy atom. The Hall–Kier alpha value is -1.39. The monoisotopic (exact) mass is 291 g/mol. The first kappa shape index (κ1) is 13.6. The Bertz CT molecular complexity index is 619. The highest BCUT2D eigenvalue weighted by atomic mass is 35.5. The van der Waals surface area contributed by atoms with Crippen molar-refractivity contribution in [1.29, 1.82) is 0 Å². The van der Waals surface area contributed by atoms with Crippen LogP contribution in [0, 0.1) is 13.8 Å². The molecule has 1 heterocycles. The van der Waals surface area contributed by atoms with E-state index in [-0.39, 0.29) is 5.54 Å². The molecule has 20 heavy (non-hydrogen) atoms. The summed E-state index contributed by atoms with van der Waals surface area (Å²) < 4.78 is 5.11. The molecular formula is C15H18ClN3O. The van der Waals surface area contributed by atoms with Gasteiger partial charge in [-0.2, -0.15) is 4.98 Å². The lowest BCUT2D eigenvalue weighted by molar-refractivity contribution is 0.165. The first-order valence-electron chi connectivity index (χ1n) is 6.90. The minimum Gasteiger partial charge on any atom is -0.340 e. The highest BCUT2D eigenvalue weighted by Gasteiger charge is 2.42. The lowest BCUT2D eigenvalue weighted by Gasteiger charge is -2.40. The molecular weight excluding hydrogens is 274 g/mol. The second-order valence-electron chi connectivity index (χ2n) is 5.51. The molecule has 0 aliphatic heterocycles. The average Bonchev–Trinajstić information content (AvgIpc) is 2.79. The van der Waals surface area contributed by atoms with Crippen LogP contribution in [-0.2, 0) is 12.1 Å². The summed E-state index contributed by atoms with van der Waals surface area (Å²) in [5.41, 5.74) is 2.14. The predicted octanol–water partition coefficient (Wildman–Crippen LogP) is 3.51. The van der Waals surface area contributed by atoms with Gasteiger partial charge in [-0.1, -0.05) is 28.9 Å². The number of hydrogen-bond donors (Lipinski definition) is 1. The SMILES string of the molecule is Cc1nc(C2(NCc3ccc(C)c(Cl)c3)CCC2)no1. The van der Waals surface area contributed by atoms with Gasteiger partial charge >= 0.3 is 0 Å².